The molecule has 6 nitrogen and oxygen atoms in total. The fourth-order valence-corrected chi connectivity index (χ4v) is 1.66. The lowest BCUT2D eigenvalue weighted by molar-refractivity contribution is -0.118. The predicted octanol–water partition coefficient (Wildman–Crippen LogP) is 1.05. The van der Waals surface area contributed by atoms with Gasteiger partial charge in [0.25, 0.3) is 0 Å². The second-order valence-corrected chi connectivity index (χ2v) is 4.56. The summed E-state index contributed by atoms with van der Waals surface area (Å²) < 4.78 is 6.52. The highest BCUT2D eigenvalue weighted by Crippen LogP contribution is 2.33. The lowest BCUT2D eigenvalue weighted by Gasteiger charge is -2.07. The smallest absolute Gasteiger partial charge is 0.355 e. The molecule has 1 saturated carbocycles. The lowest BCUT2D eigenvalue weighted by Crippen LogP contribution is -2.37. The van der Waals surface area contributed by atoms with Crippen molar-refractivity contribution in [3.05, 3.63) is 18.0 Å². The minimum absolute atomic E-state index is 0. The summed E-state index contributed by atoms with van der Waals surface area (Å²) in [4.78, 5) is 23.3. The summed E-state index contributed by atoms with van der Waals surface area (Å²) in [5, 5.41) is 2.71. The molecule has 1 aromatic heterocycles. The SMILES string of the molecule is CCOC(=O)c1cc(NC(=O)C2(N)CC2)cn1C.Cl. The van der Waals surface area contributed by atoms with E-state index in [0.29, 0.717) is 30.8 Å². The number of nitrogens with one attached hydrogen (secondary N) is 1. The number of amides is 1. The summed E-state index contributed by atoms with van der Waals surface area (Å²) in [6.45, 7) is 2.06. The molecule has 0 bridgehead atoms. The fraction of sp³-hybridized carbons (Fsp3) is 0.500. The van der Waals surface area contributed by atoms with Crippen LogP contribution in [0.2, 0.25) is 0 Å². The van der Waals surface area contributed by atoms with Crippen molar-refractivity contribution in [2.24, 2.45) is 12.8 Å². The number of ether oxygens (including phenoxy) is 1. The molecular weight excluding hydrogens is 270 g/mol. The molecule has 1 aliphatic carbocycles. The number of nitrogens with two attached hydrogens (primary N) is 1. The van der Waals surface area contributed by atoms with Gasteiger partial charge < -0.3 is 20.4 Å². The number of carbonyl (C=O) groups excluding carboxylic acids is 2. The minimum atomic E-state index is -0.722. The van der Waals surface area contributed by atoms with Crippen LogP contribution in [0.4, 0.5) is 5.69 Å². The van der Waals surface area contributed by atoms with Crippen molar-refractivity contribution in [2.45, 2.75) is 25.3 Å². The van der Waals surface area contributed by atoms with E-state index in [0.717, 1.165) is 0 Å². The second kappa shape index (κ2) is 5.63. The van der Waals surface area contributed by atoms with Crippen LogP contribution in [0.3, 0.4) is 0 Å². The zero-order valence-corrected chi connectivity index (χ0v) is 11.8. The summed E-state index contributed by atoms with van der Waals surface area (Å²) in [5.74, 6) is -0.613. The van der Waals surface area contributed by atoms with Crippen LogP contribution >= 0.6 is 12.4 Å². The Hall–Kier alpha value is -1.53. The van der Waals surface area contributed by atoms with Gasteiger partial charge in [-0.15, -0.1) is 12.4 Å². The number of nitrogens with zero attached hydrogens (tertiary/aromatic N) is 1. The molecule has 0 aromatic carbocycles. The van der Waals surface area contributed by atoms with E-state index in [4.69, 9.17) is 10.5 Å². The van der Waals surface area contributed by atoms with Crippen LogP contribution in [0.15, 0.2) is 12.3 Å². The van der Waals surface area contributed by atoms with Gasteiger partial charge in [-0.1, -0.05) is 0 Å². The molecule has 19 heavy (non-hydrogen) atoms. The Morgan fingerprint density at radius 3 is 2.68 bits per heavy atom. The van der Waals surface area contributed by atoms with Gasteiger partial charge in [0.05, 0.1) is 17.8 Å². The van der Waals surface area contributed by atoms with Crippen molar-refractivity contribution in [1.82, 2.24) is 4.57 Å². The quantitative estimate of drug-likeness (QED) is 0.811. The molecule has 1 aromatic rings. The standard InChI is InChI=1S/C12H17N3O3.ClH/c1-3-18-10(16)9-6-8(7-15(9)2)14-11(17)12(13)4-5-12;/h6-7H,3-5,13H2,1-2H3,(H,14,17);1H. The molecule has 0 aliphatic heterocycles. The summed E-state index contributed by atoms with van der Waals surface area (Å²) >= 11 is 0. The van der Waals surface area contributed by atoms with Gasteiger partial charge in [0.1, 0.15) is 5.69 Å². The van der Waals surface area contributed by atoms with Gasteiger partial charge in [0, 0.05) is 13.2 Å². The van der Waals surface area contributed by atoms with Gasteiger partial charge in [-0.3, -0.25) is 4.79 Å². The van der Waals surface area contributed by atoms with Crippen molar-refractivity contribution in [3.8, 4) is 0 Å². The minimum Gasteiger partial charge on any atom is -0.461 e. The summed E-state index contributed by atoms with van der Waals surface area (Å²) in [5.41, 5.74) is 6.01. The van der Waals surface area contributed by atoms with E-state index in [1.165, 1.54) is 0 Å². The van der Waals surface area contributed by atoms with Gasteiger partial charge in [-0.2, -0.15) is 0 Å². The first kappa shape index (κ1) is 15.5. The highest BCUT2D eigenvalue weighted by atomic mass is 35.5. The van der Waals surface area contributed by atoms with Crippen molar-refractivity contribution in [2.75, 3.05) is 11.9 Å². The van der Waals surface area contributed by atoms with Gasteiger partial charge in [-0.05, 0) is 25.8 Å². The molecular formula is C12H18ClN3O3. The first-order valence-corrected chi connectivity index (χ1v) is 5.90. The molecule has 0 atom stereocenters. The molecule has 1 fully saturated rings. The topological polar surface area (TPSA) is 86.3 Å². The molecule has 2 rings (SSSR count). The maximum atomic E-state index is 11.8. The number of esters is 1. The second-order valence-electron chi connectivity index (χ2n) is 4.56. The van der Waals surface area contributed by atoms with Crippen molar-refractivity contribution in [3.63, 3.8) is 0 Å². The Morgan fingerprint density at radius 1 is 1.53 bits per heavy atom. The maximum absolute atomic E-state index is 11.8. The Morgan fingerprint density at radius 2 is 2.16 bits per heavy atom. The Balaban J connectivity index is 0.00000180. The van der Waals surface area contributed by atoms with Crippen LogP contribution in [0.25, 0.3) is 0 Å². The third-order valence-electron chi connectivity index (χ3n) is 2.99. The Labute approximate surface area is 117 Å². The normalized spacial score (nSPS) is 15.3. The van der Waals surface area contributed by atoms with E-state index in [2.05, 4.69) is 5.32 Å². The average Bonchev–Trinajstić information content (AvgIpc) is 2.95. The van der Waals surface area contributed by atoms with E-state index >= 15 is 0 Å². The predicted molar refractivity (Wildman–Crippen MR) is 73.4 cm³/mol. The first-order valence-electron chi connectivity index (χ1n) is 5.90. The molecule has 0 unspecified atom stereocenters. The molecule has 0 radical (unpaired) electrons. The highest BCUT2D eigenvalue weighted by Gasteiger charge is 2.46. The molecule has 106 valence electrons. The van der Waals surface area contributed by atoms with Gasteiger partial charge in [0.2, 0.25) is 5.91 Å². The van der Waals surface area contributed by atoms with Crippen LogP contribution in [0.1, 0.15) is 30.3 Å². The van der Waals surface area contributed by atoms with Crippen LogP contribution in [0.5, 0.6) is 0 Å². The molecule has 1 heterocycles. The number of hydrogen-bond acceptors (Lipinski definition) is 4. The third kappa shape index (κ3) is 3.27. The molecule has 0 saturated heterocycles. The first-order chi connectivity index (χ1) is 8.46. The molecule has 7 heteroatoms. The molecule has 1 aliphatic rings. The summed E-state index contributed by atoms with van der Waals surface area (Å²) in [7, 11) is 1.72. The van der Waals surface area contributed by atoms with Gasteiger partial charge in [-0.25, -0.2) is 4.79 Å². The number of anilines is 1. The lowest BCUT2D eigenvalue weighted by atomic mass is 10.2. The van der Waals surface area contributed by atoms with Crippen LogP contribution < -0.4 is 11.1 Å². The average molecular weight is 288 g/mol. The van der Waals surface area contributed by atoms with E-state index in [1.807, 2.05) is 0 Å². The van der Waals surface area contributed by atoms with E-state index in [-0.39, 0.29) is 18.3 Å². The van der Waals surface area contributed by atoms with Crippen molar-refractivity contribution >= 4 is 30.0 Å². The number of hydrogen-bond donors (Lipinski definition) is 2. The zero-order chi connectivity index (χ0) is 13.3. The zero-order valence-electron chi connectivity index (χ0n) is 10.9. The number of carbonyl (C=O) groups is 2. The van der Waals surface area contributed by atoms with Crippen LogP contribution in [-0.2, 0) is 16.6 Å². The molecule has 3 N–H and O–H groups in total. The van der Waals surface area contributed by atoms with Gasteiger partial charge in [0.15, 0.2) is 0 Å². The van der Waals surface area contributed by atoms with Gasteiger partial charge >= 0.3 is 5.97 Å². The molecule has 0 spiro atoms. The fourth-order valence-electron chi connectivity index (χ4n) is 1.66. The molecule has 1 amide bonds. The number of aryl methyl sites for hydroxylation is 1. The van der Waals surface area contributed by atoms with E-state index in [1.54, 1.807) is 30.8 Å². The van der Waals surface area contributed by atoms with E-state index < -0.39 is 11.5 Å². The highest BCUT2D eigenvalue weighted by molar-refractivity contribution is 6.01. The number of aromatic nitrogens is 1. The van der Waals surface area contributed by atoms with Crippen LogP contribution in [-0.4, -0.2) is 28.6 Å². The Kier molecular flexibility index (Phi) is 4.60. The van der Waals surface area contributed by atoms with Crippen molar-refractivity contribution < 1.29 is 14.3 Å². The Bertz CT molecular complexity index is 494. The van der Waals surface area contributed by atoms with Crippen LogP contribution in [0, 0.1) is 0 Å². The van der Waals surface area contributed by atoms with E-state index in [9.17, 15) is 9.59 Å². The summed E-state index contributed by atoms with van der Waals surface area (Å²) in [6.07, 6.45) is 3.07. The number of halogens is 1. The summed E-state index contributed by atoms with van der Waals surface area (Å²) in [6, 6.07) is 1.58. The van der Waals surface area contributed by atoms with Crippen molar-refractivity contribution in [1.29, 1.82) is 0 Å². The number of rotatable bonds is 4. The largest absolute Gasteiger partial charge is 0.461 e. The maximum Gasteiger partial charge on any atom is 0.355 e. The monoisotopic (exact) mass is 287 g/mol. The third-order valence-corrected chi connectivity index (χ3v) is 2.99.